The largest absolute Gasteiger partial charge is 0.369 e. The number of nitrogens with one attached hydrogen (secondary N) is 2. The predicted molar refractivity (Wildman–Crippen MR) is 119 cm³/mol. The van der Waals surface area contributed by atoms with E-state index in [9.17, 15) is 0 Å². The maximum Gasteiger partial charge on any atom is 0.191 e. The van der Waals surface area contributed by atoms with Gasteiger partial charge in [0.2, 0.25) is 0 Å². The number of hydrogen-bond acceptors (Lipinski definition) is 3. The van der Waals surface area contributed by atoms with Crippen LogP contribution in [0.5, 0.6) is 0 Å². The number of hydrogen-bond donors (Lipinski definition) is 2. The van der Waals surface area contributed by atoms with Crippen molar-refractivity contribution in [3.8, 4) is 0 Å². The highest BCUT2D eigenvalue weighted by Crippen LogP contribution is 2.19. The molecule has 136 valence electrons. The minimum absolute atomic E-state index is 0. The van der Waals surface area contributed by atoms with Crippen molar-refractivity contribution in [3.05, 3.63) is 30.3 Å². The first-order chi connectivity index (χ1) is 11.3. The molecule has 0 amide bonds. The Labute approximate surface area is 168 Å². The van der Waals surface area contributed by atoms with Gasteiger partial charge in [0.1, 0.15) is 0 Å². The molecule has 1 aliphatic rings. The molecule has 0 aromatic heterocycles. The summed E-state index contributed by atoms with van der Waals surface area (Å²) in [6.45, 7) is 6.09. The maximum absolute atomic E-state index is 4.71. The van der Waals surface area contributed by atoms with Gasteiger partial charge < -0.3 is 15.5 Å². The standard InChI is InChI=1S/C18H30N4S.HI/c1-3-19-18(20-12-7-8-14-23-2)21-16-11-13-22(15-16)17-9-5-4-6-10-17;/h4-6,9-10,16H,3,7-8,11-15H2,1-2H3,(H2,19,20,21);1H. The van der Waals surface area contributed by atoms with E-state index in [2.05, 4.69) is 59.0 Å². The van der Waals surface area contributed by atoms with Crippen LogP contribution in [0.4, 0.5) is 5.69 Å². The molecule has 1 aromatic rings. The smallest absolute Gasteiger partial charge is 0.191 e. The molecular weight excluding hydrogens is 431 g/mol. The number of aliphatic imine (C=N–C) groups is 1. The summed E-state index contributed by atoms with van der Waals surface area (Å²) < 4.78 is 0. The predicted octanol–water partition coefficient (Wildman–Crippen LogP) is 3.58. The maximum atomic E-state index is 4.71. The molecule has 0 spiro atoms. The highest BCUT2D eigenvalue weighted by Gasteiger charge is 2.23. The number of halogens is 1. The van der Waals surface area contributed by atoms with Gasteiger partial charge in [-0.15, -0.1) is 24.0 Å². The molecule has 1 aliphatic heterocycles. The summed E-state index contributed by atoms with van der Waals surface area (Å²) in [4.78, 5) is 7.16. The van der Waals surface area contributed by atoms with Crippen LogP contribution in [0.15, 0.2) is 35.3 Å². The van der Waals surface area contributed by atoms with Crippen LogP contribution in [0.25, 0.3) is 0 Å². The van der Waals surface area contributed by atoms with Gasteiger partial charge in [0.25, 0.3) is 0 Å². The minimum Gasteiger partial charge on any atom is -0.369 e. The van der Waals surface area contributed by atoms with Gasteiger partial charge in [-0.3, -0.25) is 4.99 Å². The molecule has 2 N–H and O–H groups in total. The lowest BCUT2D eigenvalue weighted by Gasteiger charge is -2.20. The molecule has 0 radical (unpaired) electrons. The second kappa shape index (κ2) is 12.7. The summed E-state index contributed by atoms with van der Waals surface area (Å²) in [6.07, 6.45) is 5.73. The highest BCUT2D eigenvalue weighted by molar-refractivity contribution is 14.0. The fourth-order valence-corrected chi connectivity index (χ4v) is 3.31. The molecule has 4 nitrogen and oxygen atoms in total. The third kappa shape index (κ3) is 7.51. The molecular formula is C18H31IN4S. The Balaban J connectivity index is 0.00000288. The number of unbranched alkanes of at least 4 members (excludes halogenated alkanes) is 1. The van der Waals surface area contributed by atoms with Gasteiger partial charge >= 0.3 is 0 Å². The van der Waals surface area contributed by atoms with Crippen molar-refractivity contribution in [1.29, 1.82) is 0 Å². The second-order valence-electron chi connectivity index (χ2n) is 5.87. The number of thioether (sulfide) groups is 1. The zero-order valence-corrected chi connectivity index (χ0v) is 18.0. The van der Waals surface area contributed by atoms with E-state index in [1.54, 1.807) is 0 Å². The van der Waals surface area contributed by atoms with Crippen molar-refractivity contribution >= 4 is 47.4 Å². The van der Waals surface area contributed by atoms with Crippen LogP contribution in [-0.2, 0) is 0 Å². The Bertz CT molecular complexity index is 469. The van der Waals surface area contributed by atoms with Crippen LogP contribution in [0.3, 0.4) is 0 Å². The summed E-state index contributed by atoms with van der Waals surface area (Å²) in [5.41, 5.74) is 1.32. The van der Waals surface area contributed by atoms with Crippen LogP contribution in [-0.4, -0.2) is 50.2 Å². The first-order valence-corrected chi connectivity index (χ1v) is 10.1. The van der Waals surface area contributed by atoms with Crippen molar-refractivity contribution in [2.45, 2.75) is 32.2 Å². The summed E-state index contributed by atoms with van der Waals surface area (Å²) in [5.74, 6) is 2.20. The topological polar surface area (TPSA) is 39.7 Å². The highest BCUT2D eigenvalue weighted by atomic mass is 127. The first-order valence-electron chi connectivity index (χ1n) is 8.67. The van der Waals surface area contributed by atoms with E-state index >= 15 is 0 Å². The minimum atomic E-state index is 0. The zero-order valence-electron chi connectivity index (χ0n) is 14.8. The summed E-state index contributed by atoms with van der Waals surface area (Å²) in [7, 11) is 0. The number of benzene rings is 1. The lowest BCUT2D eigenvalue weighted by Crippen LogP contribution is -2.44. The van der Waals surface area contributed by atoms with Gasteiger partial charge in [-0.1, -0.05) is 18.2 Å². The Kier molecular flexibility index (Phi) is 11.3. The molecule has 2 rings (SSSR count). The number of rotatable bonds is 8. The number of nitrogens with zero attached hydrogens (tertiary/aromatic N) is 2. The van der Waals surface area contributed by atoms with Gasteiger partial charge in [0.05, 0.1) is 0 Å². The van der Waals surface area contributed by atoms with Crippen LogP contribution in [0.2, 0.25) is 0 Å². The van der Waals surface area contributed by atoms with E-state index < -0.39 is 0 Å². The lowest BCUT2D eigenvalue weighted by atomic mass is 10.2. The van der Waals surface area contributed by atoms with E-state index in [1.165, 1.54) is 17.9 Å². The van der Waals surface area contributed by atoms with Crippen molar-refractivity contribution in [3.63, 3.8) is 0 Å². The van der Waals surface area contributed by atoms with Crippen LogP contribution in [0, 0.1) is 0 Å². The van der Waals surface area contributed by atoms with E-state index in [-0.39, 0.29) is 24.0 Å². The monoisotopic (exact) mass is 462 g/mol. The van der Waals surface area contributed by atoms with Crippen molar-refractivity contribution in [1.82, 2.24) is 10.6 Å². The van der Waals surface area contributed by atoms with E-state index in [0.717, 1.165) is 45.0 Å². The number of anilines is 1. The Morgan fingerprint density at radius 3 is 2.79 bits per heavy atom. The van der Waals surface area contributed by atoms with Crippen LogP contribution >= 0.6 is 35.7 Å². The van der Waals surface area contributed by atoms with Gasteiger partial charge in [0.15, 0.2) is 5.96 Å². The van der Waals surface area contributed by atoms with Crippen LogP contribution in [0.1, 0.15) is 26.2 Å². The quantitative estimate of drug-likeness (QED) is 0.268. The second-order valence-corrected chi connectivity index (χ2v) is 6.86. The van der Waals surface area contributed by atoms with Crippen molar-refractivity contribution in [2.24, 2.45) is 4.99 Å². The molecule has 0 aliphatic carbocycles. The summed E-state index contributed by atoms with van der Waals surface area (Å²) >= 11 is 1.91. The molecule has 1 heterocycles. The van der Waals surface area contributed by atoms with Gasteiger partial charge in [0, 0.05) is 37.9 Å². The Morgan fingerprint density at radius 1 is 1.29 bits per heavy atom. The summed E-state index contributed by atoms with van der Waals surface area (Å²) in [5, 5.41) is 6.97. The normalized spacial score (nSPS) is 17.5. The molecule has 1 aromatic carbocycles. The third-order valence-corrected chi connectivity index (χ3v) is 4.72. The molecule has 0 saturated carbocycles. The van der Waals surface area contributed by atoms with Gasteiger partial charge in [-0.05, 0) is 50.3 Å². The number of para-hydroxylation sites is 1. The van der Waals surface area contributed by atoms with Gasteiger partial charge in [-0.2, -0.15) is 11.8 Å². The molecule has 1 fully saturated rings. The van der Waals surface area contributed by atoms with Crippen LogP contribution < -0.4 is 15.5 Å². The SMILES string of the molecule is CCNC(=NCCCCSC)NC1CCN(c2ccccc2)C1.I. The fourth-order valence-electron chi connectivity index (χ4n) is 2.81. The van der Waals surface area contributed by atoms with Crippen molar-refractivity contribution in [2.75, 3.05) is 43.1 Å². The molecule has 1 atom stereocenters. The zero-order chi connectivity index (χ0) is 16.3. The lowest BCUT2D eigenvalue weighted by molar-refractivity contribution is 0.647. The Hall–Kier alpha value is -0.630. The molecule has 1 saturated heterocycles. The molecule has 1 unspecified atom stereocenters. The molecule has 0 bridgehead atoms. The average molecular weight is 462 g/mol. The molecule has 6 heteroatoms. The fraction of sp³-hybridized carbons (Fsp3) is 0.611. The first kappa shape index (κ1) is 21.4. The van der Waals surface area contributed by atoms with Gasteiger partial charge in [-0.25, -0.2) is 0 Å². The van der Waals surface area contributed by atoms with E-state index in [1.807, 2.05) is 11.8 Å². The van der Waals surface area contributed by atoms with E-state index in [0.29, 0.717) is 6.04 Å². The average Bonchev–Trinajstić information content (AvgIpc) is 3.04. The Morgan fingerprint density at radius 2 is 2.08 bits per heavy atom. The molecule has 24 heavy (non-hydrogen) atoms. The third-order valence-electron chi connectivity index (χ3n) is 4.02. The number of guanidine groups is 1. The van der Waals surface area contributed by atoms with Crippen molar-refractivity contribution < 1.29 is 0 Å². The van der Waals surface area contributed by atoms with E-state index in [4.69, 9.17) is 4.99 Å². The summed E-state index contributed by atoms with van der Waals surface area (Å²) in [6, 6.07) is 11.1.